The standard InChI is InChI=1S/C28H28F6N6O3/c1-39-21(19-7-2-3-8-20(19)27(29,30)31)37-38-22(39)26-12-9-25(10-13-26,11-14-26)17-40(43-23(41)28(32,33)34)24(42)36-16-18-6-4-5-15-35-18/h2-8,15H,9-14,16-17H2,1H3,(H,36,42). The molecule has 3 aliphatic rings. The van der Waals surface area contributed by atoms with Gasteiger partial charge in [0.15, 0.2) is 5.82 Å². The molecule has 6 rings (SSSR count). The molecule has 3 fully saturated rings. The zero-order chi connectivity index (χ0) is 31.0. The fourth-order valence-electron chi connectivity index (χ4n) is 6.15. The monoisotopic (exact) mass is 610 g/mol. The fourth-order valence-corrected chi connectivity index (χ4v) is 6.15. The van der Waals surface area contributed by atoms with Gasteiger partial charge in [0.25, 0.3) is 0 Å². The Morgan fingerprint density at radius 1 is 0.953 bits per heavy atom. The van der Waals surface area contributed by atoms with Gasteiger partial charge in [-0.1, -0.05) is 24.3 Å². The first-order chi connectivity index (χ1) is 20.2. The van der Waals surface area contributed by atoms with Gasteiger partial charge in [0.1, 0.15) is 5.82 Å². The number of hydrogen-bond donors (Lipinski definition) is 1. The minimum atomic E-state index is -5.31. The molecule has 1 N–H and O–H groups in total. The van der Waals surface area contributed by atoms with Crippen molar-refractivity contribution in [2.24, 2.45) is 12.5 Å². The molecule has 0 radical (unpaired) electrons. The number of fused-ring (bicyclic) bond motifs is 3. The molecule has 0 atom stereocenters. The van der Waals surface area contributed by atoms with Gasteiger partial charge in [-0.15, -0.1) is 10.2 Å². The number of hydrogen-bond acceptors (Lipinski definition) is 6. The molecule has 2 amide bonds. The zero-order valence-corrected chi connectivity index (χ0v) is 23.0. The number of halogens is 6. The molecule has 0 unspecified atom stereocenters. The van der Waals surface area contributed by atoms with Crippen molar-refractivity contribution >= 4 is 12.0 Å². The van der Waals surface area contributed by atoms with Crippen LogP contribution < -0.4 is 5.32 Å². The van der Waals surface area contributed by atoms with E-state index in [-0.39, 0.29) is 24.5 Å². The van der Waals surface area contributed by atoms with Gasteiger partial charge in [0, 0.05) is 24.2 Å². The third-order valence-electron chi connectivity index (χ3n) is 8.50. The van der Waals surface area contributed by atoms with E-state index in [1.807, 2.05) is 0 Å². The van der Waals surface area contributed by atoms with E-state index in [0.29, 0.717) is 55.1 Å². The Balaban J connectivity index is 1.33. The molecule has 0 aliphatic heterocycles. The lowest BCUT2D eigenvalue weighted by Gasteiger charge is -2.53. The summed E-state index contributed by atoms with van der Waals surface area (Å²) in [5.41, 5.74) is -1.61. The summed E-state index contributed by atoms with van der Waals surface area (Å²) < 4.78 is 81.8. The van der Waals surface area contributed by atoms with Crippen molar-refractivity contribution in [1.82, 2.24) is 30.1 Å². The summed E-state index contributed by atoms with van der Waals surface area (Å²) in [6, 6.07) is 9.08. The molecule has 9 nitrogen and oxygen atoms in total. The van der Waals surface area contributed by atoms with Crippen LogP contribution in [0.3, 0.4) is 0 Å². The molecule has 43 heavy (non-hydrogen) atoms. The van der Waals surface area contributed by atoms with Crippen molar-refractivity contribution < 1.29 is 40.8 Å². The number of alkyl halides is 6. The number of nitrogens with one attached hydrogen (secondary N) is 1. The van der Waals surface area contributed by atoms with Crippen LogP contribution in [0.1, 0.15) is 55.6 Å². The van der Waals surface area contributed by atoms with Crippen molar-refractivity contribution in [2.75, 3.05) is 6.54 Å². The summed E-state index contributed by atoms with van der Waals surface area (Å²) in [7, 11) is 1.62. The molecule has 230 valence electrons. The molecular weight excluding hydrogens is 582 g/mol. The van der Waals surface area contributed by atoms with Crippen LogP contribution in [0.5, 0.6) is 0 Å². The van der Waals surface area contributed by atoms with Crippen LogP contribution in [0.25, 0.3) is 11.4 Å². The molecule has 1 aromatic carbocycles. The summed E-state index contributed by atoms with van der Waals surface area (Å²) in [4.78, 5) is 33.2. The molecular formula is C28H28F6N6O3. The van der Waals surface area contributed by atoms with E-state index in [9.17, 15) is 35.9 Å². The van der Waals surface area contributed by atoms with Crippen molar-refractivity contribution in [2.45, 2.75) is 62.8 Å². The van der Waals surface area contributed by atoms with Crippen LogP contribution in [-0.4, -0.2) is 49.5 Å². The first-order valence-electron chi connectivity index (χ1n) is 13.5. The Morgan fingerprint density at radius 3 is 2.21 bits per heavy atom. The molecule has 3 aliphatic carbocycles. The predicted octanol–water partition coefficient (Wildman–Crippen LogP) is 5.72. The first kappa shape index (κ1) is 30.3. The topological polar surface area (TPSA) is 102 Å². The van der Waals surface area contributed by atoms with Crippen molar-refractivity contribution in [1.29, 1.82) is 0 Å². The lowest BCUT2D eigenvalue weighted by atomic mass is 9.53. The zero-order valence-electron chi connectivity index (χ0n) is 23.0. The highest BCUT2D eigenvalue weighted by Crippen LogP contribution is 2.58. The third kappa shape index (κ3) is 6.15. The van der Waals surface area contributed by atoms with E-state index in [2.05, 4.69) is 25.3 Å². The Bertz CT molecular complexity index is 1470. The first-order valence-corrected chi connectivity index (χ1v) is 13.5. The van der Waals surface area contributed by atoms with E-state index in [4.69, 9.17) is 0 Å². The summed E-state index contributed by atoms with van der Waals surface area (Å²) in [6.07, 6.45) is -5.48. The maximum Gasteiger partial charge on any atom is 0.493 e. The van der Waals surface area contributed by atoms with Crippen LogP contribution in [0.15, 0.2) is 48.7 Å². The Labute approximate surface area is 242 Å². The maximum absolute atomic E-state index is 13.7. The highest BCUT2D eigenvalue weighted by molar-refractivity contribution is 5.79. The van der Waals surface area contributed by atoms with Crippen molar-refractivity contribution in [3.63, 3.8) is 0 Å². The molecule has 3 aromatic rings. The predicted molar refractivity (Wildman–Crippen MR) is 139 cm³/mol. The number of carbonyl (C=O) groups is 2. The highest BCUT2D eigenvalue weighted by Gasteiger charge is 2.53. The molecule has 2 bridgehead atoms. The molecule has 15 heteroatoms. The number of nitrogens with zero attached hydrogens (tertiary/aromatic N) is 5. The van der Waals surface area contributed by atoms with Crippen LogP contribution in [-0.2, 0) is 34.8 Å². The summed E-state index contributed by atoms with van der Waals surface area (Å²) in [6.45, 7) is -0.357. The SMILES string of the molecule is Cn1c(-c2ccccc2C(F)(F)F)nnc1C12CCC(CN(OC(=O)C(F)(F)F)C(=O)NCc3ccccn3)(CC1)CC2. The second-order valence-corrected chi connectivity index (χ2v) is 11.1. The van der Waals surface area contributed by atoms with Crippen molar-refractivity contribution in [3.8, 4) is 11.4 Å². The second kappa shape index (κ2) is 11.2. The van der Waals surface area contributed by atoms with Crippen LogP contribution in [0.2, 0.25) is 0 Å². The van der Waals surface area contributed by atoms with E-state index >= 15 is 0 Å². The van der Waals surface area contributed by atoms with Crippen LogP contribution in [0.4, 0.5) is 31.1 Å². The highest BCUT2D eigenvalue weighted by atomic mass is 19.4. The largest absolute Gasteiger partial charge is 0.493 e. The molecule has 0 saturated heterocycles. The van der Waals surface area contributed by atoms with Gasteiger partial charge in [0.05, 0.1) is 24.3 Å². The maximum atomic E-state index is 13.7. The third-order valence-corrected chi connectivity index (χ3v) is 8.50. The Hall–Kier alpha value is -4.17. The van der Waals surface area contributed by atoms with E-state index in [1.165, 1.54) is 24.4 Å². The number of pyridine rings is 1. The minimum absolute atomic E-state index is 0.0783. The summed E-state index contributed by atoms with van der Waals surface area (Å²) in [5, 5.41) is 11.3. The van der Waals surface area contributed by atoms with Gasteiger partial charge in [-0.2, -0.15) is 31.4 Å². The Morgan fingerprint density at radius 2 is 1.60 bits per heavy atom. The number of rotatable bonds is 6. The number of hydroxylamine groups is 2. The van der Waals surface area contributed by atoms with Crippen molar-refractivity contribution in [3.05, 3.63) is 65.7 Å². The lowest BCUT2D eigenvalue weighted by Crippen LogP contribution is -2.53. The van der Waals surface area contributed by atoms with Crippen LogP contribution in [0, 0.1) is 5.41 Å². The minimum Gasteiger partial charge on any atom is -0.330 e. The van der Waals surface area contributed by atoms with E-state index in [1.54, 1.807) is 29.8 Å². The van der Waals surface area contributed by atoms with Gasteiger partial charge in [0.2, 0.25) is 0 Å². The molecule has 3 saturated carbocycles. The Kier molecular flexibility index (Phi) is 7.86. The van der Waals surface area contributed by atoms with Crippen LogP contribution >= 0.6 is 0 Å². The quantitative estimate of drug-likeness (QED) is 0.283. The lowest BCUT2D eigenvalue weighted by molar-refractivity contribution is -0.233. The number of amides is 2. The number of benzene rings is 1. The number of urea groups is 1. The second-order valence-electron chi connectivity index (χ2n) is 11.1. The summed E-state index contributed by atoms with van der Waals surface area (Å²) in [5.74, 6) is -1.90. The average molecular weight is 611 g/mol. The summed E-state index contributed by atoms with van der Waals surface area (Å²) >= 11 is 0. The van der Waals surface area contributed by atoms with Gasteiger partial charge in [-0.25, -0.2) is 9.59 Å². The molecule has 2 aromatic heterocycles. The molecule has 2 heterocycles. The fraction of sp³-hybridized carbons (Fsp3) is 0.464. The van der Waals surface area contributed by atoms with Gasteiger partial charge >= 0.3 is 24.4 Å². The average Bonchev–Trinajstić information content (AvgIpc) is 3.37. The van der Waals surface area contributed by atoms with E-state index < -0.39 is 40.7 Å². The van der Waals surface area contributed by atoms with E-state index in [0.717, 1.165) is 6.07 Å². The van der Waals surface area contributed by atoms with Gasteiger partial charge < -0.3 is 14.7 Å². The number of carbonyl (C=O) groups excluding carboxylic acids is 2. The van der Waals surface area contributed by atoms with Gasteiger partial charge in [-0.05, 0) is 62.1 Å². The smallest absolute Gasteiger partial charge is 0.330 e. The number of aromatic nitrogens is 4. The normalized spacial score (nSPS) is 21.8. The molecule has 0 spiro atoms. The van der Waals surface area contributed by atoms with Gasteiger partial charge in [-0.3, -0.25) is 4.98 Å².